The van der Waals surface area contributed by atoms with Gasteiger partial charge in [0.1, 0.15) is 12.4 Å². The van der Waals surface area contributed by atoms with Gasteiger partial charge in [-0.15, -0.1) is 0 Å². The maximum absolute atomic E-state index is 12.9. The van der Waals surface area contributed by atoms with Gasteiger partial charge >= 0.3 is 0 Å². The Morgan fingerprint density at radius 1 is 1.12 bits per heavy atom. The number of nitrogens with zero attached hydrogens (tertiary/aromatic N) is 4. The Balaban J connectivity index is 1.31. The Hall–Kier alpha value is -3.94. The largest absolute Gasteiger partial charge is 0.334 e. The lowest BCUT2D eigenvalue weighted by molar-refractivity contribution is -0.118. The molecule has 0 aliphatic carbocycles. The number of imidazole rings is 1. The molecule has 32 heavy (non-hydrogen) atoms. The van der Waals surface area contributed by atoms with E-state index in [1.165, 1.54) is 17.9 Å². The number of hydrogen-bond acceptors (Lipinski definition) is 5. The van der Waals surface area contributed by atoms with Crippen molar-refractivity contribution in [3.63, 3.8) is 0 Å². The number of carbonyl (C=O) groups excluding carboxylic acids is 2. The molecule has 3 heterocycles. The van der Waals surface area contributed by atoms with Crippen LogP contribution in [0.3, 0.4) is 0 Å². The Morgan fingerprint density at radius 2 is 1.97 bits per heavy atom. The van der Waals surface area contributed by atoms with Crippen molar-refractivity contribution in [1.29, 1.82) is 0 Å². The van der Waals surface area contributed by atoms with Crippen LogP contribution in [0.2, 0.25) is 0 Å². The van der Waals surface area contributed by atoms with Crippen molar-refractivity contribution in [2.24, 2.45) is 4.99 Å². The van der Waals surface area contributed by atoms with E-state index in [-0.39, 0.29) is 18.3 Å². The van der Waals surface area contributed by atoms with Gasteiger partial charge in [-0.05, 0) is 44.0 Å². The van der Waals surface area contributed by atoms with Crippen LogP contribution in [0.15, 0.2) is 59.7 Å². The van der Waals surface area contributed by atoms with Crippen molar-refractivity contribution >= 4 is 29.0 Å². The van der Waals surface area contributed by atoms with E-state index in [0.717, 1.165) is 35.6 Å². The van der Waals surface area contributed by atoms with Gasteiger partial charge in [-0.3, -0.25) is 20.0 Å². The fourth-order valence-corrected chi connectivity index (χ4v) is 3.94. The van der Waals surface area contributed by atoms with E-state index in [1.54, 1.807) is 0 Å². The second-order valence-corrected chi connectivity index (χ2v) is 8.07. The van der Waals surface area contributed by atoms with Crippen LogP contribution in [0.4, 0.5) is 11.4 Å². The lowest BCUT2D eigenvalue weighted by Crippen LogP contribution is -2.54. The number of aromatic nitrogens is 2. The zero-order chi connectivity index (χ0) is 22.1. The minimum atomic E-state index is -0.407. The van der Waals surface area contributed by atoms with Crippen molar-refractivity contribution in [2.75, 3.05) is 16.9 Å². The monoisotopic (exact) mass is 428 g/mol. The molecule has 0 spiro atoms. The third kappa shape index (κ3) is 3.99. The van der Waals surface area contributed by atoms with Crippen molar-refractivity contribution in [1.82, 2.24) is 15.0 Å². The number of aryl methyl sites for hydroxylation is 3. The summed E-state index contributed by atoms with van der Waals surface area (Å²) in [6, 6.07) is 15.1. The first-order valence-corrected chi connectivity index (χ1v) is 10.8. The molecule has 5 rings (SSSR count). The van der Waals surface area contributed by atoms with Crippen LogP contribution in [0.1, 0.15) is 24.2 Å². The van der Waals surface area contributed by atoms with Crippen molar-refractivity contribution < 1.29 is 9.59 Å². The van der Waals surface area contributed by atoms with Crippen LogP contribution < -0.4 is 15.8 Å². The quantitative estimate of drug-likeness (QED) is 0.668. The second-order valence-electron chi connectivity index (χ2n) is 8.07. The summed E-state index contributed by atoms with van der Waals surface area (Å²) in [5, 5.41) is 4.23. The normalized spacial score (nSPS) is 15.6. The number of benzene rings is 2. The number of rotatable bonds is 4. The van der Waals surface area contributed by atoms with Crippen LogP contribution >= 0.6 is 0 Å². The molecule has 1 aromatic heterocycles. The Bertz CT molecular complexity index is 1190. The lowest BCUT2D eigenvalue weighted by Gasteiger charge is -2.27. The van der Waals surface area contributed by atoms with Gasteiger partial charge in [0, 0.05) is 30.4 Å². The molecule has 0 unspecified atom stereocenters. The minimum Gasteiger partial charge on any atom is -0.334 e. The Kier molecular flexibility index (Phi) is 5.18. The smallest absolute Gasteiger partial charge is 0.292 e. The number of hydrogen-bond donors (Lipinski definition) is 2. The summed E-state index contributed by atoms with van der Waals surface area (Å²) in [4.78, 5) is 34.0. The molecule has 8 heteroatoms. The van der Waals surface area contributed by atoms with Gasteiger partial charge in [-0.2, -0.15) is 0 Å². The van der Waals surface area contributed by atoms with Gasteiger partial charge in [0.2, 0.25) is 5.84 Å². The molecule has 2 aliphatic rings. The molecule has 2 N–H and O–H groups in total. The van der Waals surface area contributed by atoms with E-state index in [0.29, 0.717) is 11.4 Å². The molecule has 3 aromatic rings. The molecule has 0 radical (unpaired) electrons. The number of fused-ring (bicyclic) bond motifs is 1. The van der Waals surface area contributed by atoms with E-state index in [4.69, 9.17) is 4.98 Å². The molecule has 0 saturated carbocycles. The zero-order valence-electron chi connectivity index (χ0n) is 17.8. The molecule has 162 valence electrons. The first-order chi connectivity index (χ1) is 15.6. The van der Waals surface area contributed by atoms with Crippen LogP contribution in [0.5, 0.6) is 0 Å². The summed E-state index contributed by atoms with van der Waals surface area (Å²) < 4.78 is 2.21. The highest BCUT2D eigenvalue weighted by Gasteiger charge is 2.25. The summed E-state index contributed by atoms with van der Waals surface area (Å²) in [5.74, 6) is 0.572. The first-order valence-electron chi connectivity index (χ1n) is 10.8. The summed E-state index contributed by atoms with van der Waals surface area (Å²) >= 11 is 0. The molecule has 8 nitrogen and oxygen atoms in total. The number of carbonyl (C=O) groups is 2. The molecule has 2 aliphatic heterocycles. The highest BCUT2D eigenvalue weighted by molar-refractivity contribution is 6.43. The Labute approximate surface area is 186 Å². The molecular formula is C24H24N6O2. The van der Waals surface area contributed by atoms with Crippen molar-refractivity contribution in [3.8, 4) is 11.3 Å². The Morgan fingerprint density at radius 3 is 2.78 bits per heavy atom. The fraction of sp³-hybridized carbons (Fsp3) is 0.250. The predicted molar refractivity (Wildman–Crippen MR) is 123 cm³/mol. The van der Waals surface area contributed by atoms with E-state index in [9.17, 15) is 9.59 Å². The molecule has 0 saturated heterocycles. The highest BCUT2D eigenvalue weighted by atomic mass is 16.2. The highest BCUT2D eigenvalue weighted by Crippen LogP contribution is 2.25. The number of amidine groups is 1. The summed E-state index contributed by atoms with van der Waals surface area (Å²) in [5.41, 5.74) is 7.08. The maximum atomic E-state index is 12.9. The van der Waals surface area contributed by atoms with E-state index < -0.39 is 5.91 Å². The zero-order valence-corrected chi connectivity index (χ0v) is 17.8. The van der Waals surface area contributed by atoms with Crippen LogP contribution in [-0.4, -0.2) is 33.7 Å². The summed E-state index contributed by atoms with van der Waals surface area (Å²) in [6.07, 6.45) is 5.42. The third-order valence-electron chi connectivity index (χ3n) is 5.67. The van der Waals surface area contributed by atoms with Crippen LogP contribution in [0, 0.1) is 6.92 Å². The lowest BCUT2D eigenvalue weighted by atomic mass is 10.1. The van der Waals surface area contributed by atoms with E-state index in [2.05, 4.69) is 26.5 Å². The predicted octanol–water partition coefficient (Wildman–Crippen LogP) is 3.08. The van der Waals surface area contributed by atoms with E-state index >= 15 is 0 Å². The first kappa shape index (κ1) is 20.0. The number of hydrazine groups is 1. The summed E-state index contributed by atoms with van der Waals surface area (Å²) in [6.45, 7) is 2.88. The van der Waals surface area contributed by atoms with Crippen molar-refractivity contribution in [3.05, 3.63) is 66.1 Å². The summed E-state index contributed by atoms with van der Waals surface area (Å²) in [7, 11) is 0. The van der Waals surface area contributed by atoms with E-state index in [1.807, 2.05) is 55.5 Å². The SMILES string of the molecule is Cc1ccc(N2NC(C(=O)Nc3cccc(-c4cn5c(n4)CCCC5)c3)=NCC2=O)cc1. The maximum Gasteiger partial charge on any atom is 0.292 e. The average Bonchev–Trinajstić information content (AvgIpc) is 3.25. The van der Waals surface area contributed by atoms with Crippen LogP contribution in [-0.2, 0) is 22.6 Å². The molecule has 2 amide bonds. The molecule has 0 atom stereocenters. The van der Waals surface area contributed by atoms with Gasteiger partial charge in [0.15, 0.2) is 0 Å². The van der Waals surface area contributed by atoms with Gasteiger partial charge < -0.3 is 9.88 Å². The molecule has 0 fully saturated rings. The van der Waals surface area contributed by atoms with Gasteiger partial charge in [0.25, 0.3) is 11.8 Å². The number of anilines is 2. The second kappa shape index (κ2) is 8.30. The topological polar surface area (TPSA) is 91.6 Å². The average molecular weight is 428 g/mol. The van der Waals surface area contributed by atoms with Crippen molar-refractivity contribution in [2.45, 2.75) is 32.7 Å². The molecule has 0 bridgehead atoms. The third-order valence-corrected chi connectivity index (χ3v) is 5.67. The number of nitrogens with one attached hydrogen (secondary N) is 2. The standard InChI is InChI=1S/C24H24N6O2/c1-16-8-10-19(11-9-16)30-22(31)14-25-23(28-30)24(32)26-18-6-4-5-17(13-18)20-15-29-12-3-2-7-21(29)27-20/h4-6,8-11,13,15H,2-3,7,12,14H2,1H3,(H,25,28)(H,26,32). The minimum absolute atomic E-state index is 0.0908. The number of amides is 2. The molecule has 2 aromatic carbocycles. The number of aliphatic imine (C=N–C) groups is 1. The fourth-order valence-electron chi connectivity index (χ4n) is 3.94. The van der Waals surface area contributed by atoms with Gasteiger partial charge in [-0.25, -0.2) is 9.99 Å². The van der Waals surface area contributed by atoms with Gasteiger partial charge in [0.05, 0.1) is 11.4 Å². The van der Waals surface area contributed by atoms with Gasteiger partial charge in [-0.1, -0.05) is 29.8 Å². The molecular weight excluding hydrogens is 404 g/mol. The van der Waals surface area contributed by atoms with Crippen LogP contribution in [0.25, 0.3) is 11.3 Å².